The molecule has 1 saturated heterocycles. The molecule has 144 valence electrons. The van der Waals surface area contributed by atoms with E-state index in [1.165, 1.54) is 6.42 Å². The Kier molecular flexibility index (Phi) is 5.61. The summed E-state index contributed by atoms with van der Waals surface area (Å²) in [4.78, 5) is 28.3. The van der Waals surface area contributed by atoms with E-state index in [2.05, 4.69) is 20.2 Å². The molecule has 1 aliphatic rings. The van der Waals surface area contributed by atoms with Crippen molar-refractivity contribution in [2.45, 2.75) is 25.7 Å². The molecule has 3 aromatic rings. The Balaban J connectivity index is 1.57. The molecule has 4 rings (SSSR count). The molecule has 0 unspecified atom stereocenters. The van der Waals surface area contributed by atoms with Crippen LogP contribution in [-0.2, 0) is 6.42 Å². The molecule has 7 nitrogen and oxygen atoms in total. The molecule has 1 amide bonds. The van der Waals surface area contributed by atoms with E-state index < -0.39 is 0 Å². The van der Waals surface area contributed by atoms with Gasteiger partial charge in [0.2, 0.25) is 5.95 Å². The zero-order valence-electron chi connectivity index (χ0n) is 15.7. The lowest BCUT2D eigenvalue weighted by Crippen LogP contribution is -2.32. The molecule has 7 heteroatoms. The maximum Gasteiger partial charge on any atom is 0.255 e. The Morgan fingerprint density at radius 3 is 2.71 bits per heavy atom. The fraction of sp³-hybridized carbons (Fsp3) is 0.333. The van der Waals surface area contributed by atoms with E-state index in [0.29, 0.717) is 30.2 Å². The predicted molar refractivity (Wildman–Crippen MR) is 106 cm³/mol. The average molecular weight is 377 g/mol. The Morgan fingerprint density at radius 2 is 1.96 bits per heavy atom. The first-order valence-corrected chi connectivity index (χ1v) is 9.64. The second-order valence-corrected chi connectivity index (χ2v) is 6.80. The zero-order valence-corrected chi connectivity index (χ0v) is 15.7. The zero-order chi connectivity index (χ0) is 19.2. The summed E-state index contributed by atoms with van der Waals surface area (Å²) in [7, 11) is 0. The predicted octanol–water partition coefficient (Wildman–Crippen LogP) is 3.09. The monoisotopic (exact) mass is 377 g/mol. The van der Waals surface area contributed by atoms with Crippen LogP contribution in [0.25, 0.3) is 11.3 Å². The number of anilines is 1. The molecule has 1 aliphatic heterocycles. The number of piperidine rings is 1. The normalized spacial score (nSPS) is 14.1. The third-order valence-electron chi connectivity index (χ3n) is 4.85. The number of hydrogen-bond donors (Lipinski definition) is 1. The van der Waals surface area contributed by atoms with Crippen molar-refractivity contribution in [3.8, 4) is 11.3 Å². The fourth-order valence-electron chi connectivity index (χ4n) is 3.36. The van der Waals surface area contributed by atoms with Gasteiger partial charge in [-0.1, -0.05) is 0 Å². The van der Waals surface area contributed by atoms with Crippen molar-refractivity contribution in [2.24, 2.45) is 0 Å². The highest BCUT2D eigenvalue weighted by atomic mass is 16.3. The molecule has 0 saturated carbocycles. The number of nitrogens with one attached hydrogen (secondary N) is 1. The van der Waals surface area contributed by atoms with Gasteiger partial charge in [0.25, 0.3) is 5.91 Å². The van der Waals surface area contributed by atoms with Gasteiger partial charge in [-0.25, -0.2) is 9.97 Å². The van der Waals surface area contributed by atoms with Gasteiger partial charge >= 0.3 is 0 Å². The first kappa shape index (κ1) is 18.2. The molecule has 0 atom stereocenters. The van der Waals surface area contributed by atoms with E-state index >= 15 is 0 Å². The molecule has 0 radical (unpaired) electrons. The molecule has 0 aliphatic carbocycles. The van der Waals surface area contributed by atoms with Gasteiger partial charge in [0.1, 0.15) is 5.76 Å². The fourth-order valence-corrected chi connectivity index (χ4v) is 3.36. The Morgan fingerprint density at radius 1 is 1.14 bits per heavy atom. The second-order valence-electron chi connectivity index (χ2n) is 6.80. The van der Waals surface area contributed by atoms with Crippen LogP contribution in [0.5, 0.6) is 0 Å². The van der Waals surface area contributed by atoms with Crippen LogP contribution in [0.4, 0.5) is 5.95 Å². The van der Waals surface area contributed by atoms with Crippen molar-refractivity contribution in [3.63, 3.8) is 0 Å². The van der Waals surface area contributed by atoms with E-state index in [0.717, 1.165) is 37.3 Å². The number of aromatic nitrogens is 3. The summed E-state index contributed by atoms with van der Waals surface area (Å²) in [5, 5.41) is 2.94. The summed E-state index contributed by atoms with van der Waals surface area (Å²) < 4.78 is 5.31. The third-order valence-corrected chi connectivity index (χ3v) is 4.85. The van der Waals surface area contributed by atoms with Gasteiger partial charge in [-0.05, 0) is 43.5 Å². The molecule has 4 heterocycles. The van der Waals surface area contributed by atoms with E-state index in [4.69, 9.17) is 9.40 Å². The van der Waals surface area contributed by atoms with Gasteiger partial charge in [-0.15, -0.1) is 0 Å². The lowest BCUT2D eigenvalue weighted by molar-refractivity contribution is 0.0953. The largest absolute Gasteiger partial charge is 0.469 e. The molecular weight excluding hydrogens is 354 g/mol. The maximum absolute atomic E-state index is 12.8. The quantitative estimate of drug-likeness (QED) is 0.711. The van der Waals surface area contributed by atoms with Gasteiger partial charge in [0.15, 0.2) is 0 Å². The summed E-state index contributed by atoms with van der Waals surface area (Å²) in [5.41, 5.74) is 1.95. The number of carbonyl (C=O) groups is 1. The van der Waals surface area contributed by atoms with E-state index in [1.807, 2.05) is 24.3 Å². The number of hydrogen-bond acceptors (Lipinski definition) is 6. The minimum atomic E-state index is -0.191. The van der Waals surface area contributed by atoms with Gasteiger partial charge in [-0.3, -0.25) is 9.78 Å². The number of nitrogens with zero attached hydrogens (tertiary/aromatic N) is 4. The highest BCUT2D eigenvalue weighted by Gasteiger charge is 2.20. The van der Waals surface area contributed by atoms with Crippen LogP contribution in [0.3, 0.4) is 0 Å². The van der Waals surface area contributed by atoms with Gasteiger partial charge in [-0.2, -0.15) is 0 Å². The maximum atomic E-state index is 12.8. The van der Waals surface area contributed by atoms with E-state index in [9.17, 15) is 4.79 Å². The number of rotatable bonds is 6. The number of pyridine rings is 1. The van der Waals surface area contributed by atoms with Gasteiger partial charge < -0.3 is 14.6 Å². The molecule has 0 spiro atoms. The Hall–Kier alpha value is -3.22. The van der Waals surface area contributed by atoms with Crippen LogP contribution in [0.1, 0.15) is 35.4 Å². The number of amides is 1. The first-order valence-electron chi connectivity index (χ1n) is 9.64. The average Bonchev–Trinajstić information content (AvgIpc) is 3.28. The minimum Gasteiger partial charge on any atom is -0.469 e. The van der Waals surface area contributed by atoms with Crippen molar-refractivity contribution in [1.82, 2.24) is 20.3 Å². The van der Waals surface area contributed by atoms with Crippen LogP contribution in [-0.4, -0.2) is 40.5 Å². The minimum absolute atomic E-state index is 0.191. The highest BCUT2D eigenvalue weighted by Crippen LogP contribution is 2.24. The van der Waals surface area contributed by atoms with Gasteiger partial charge in [0, 0.05) is 50.2 Å². The van der Waals surface area contributed by atoms with Crippen molar-refractivity contribution >= 4 is 11.9 Å². The van der Waals surface area contributed by atoms with Crippen molar-refractivity contribution < 1.29 is 9.21 Å². The Labute approximate surface area is 163 Å². The van der Waals surface area contributed by atoms with Crippen LogP contribution in [0, 0.1) is 0 Å². The van der Waals surface area contributed by atoms with Crippen molar-refractivity contribution in [3.05, 3.63) is 60.4 Å². The topological polar surface area (TPSA) is 84.2 Å². The lowest BCUT2D eigenvalue weighted by atomic mass is 10.1. The Bertz CT molecular complexity index is 906. The highest BCUT2D eigenvalue weighted by molar-refractivity contribution is 5.99. The molecule has 1 N–H and O–H groups in total. The molecule has 28 heavy (non-hydrogen) atoms. The SMILES string of the molecule is O=C(NCCc1ccco1)c1cnc(N2CCCCC2)nc1-c1ccncc1. The van der Waals surface area contributed by atoms with Crippen LogP contribution >= 0.6 is 0 Å². The molecule has 0 aromatic carbocycles. The lowest BCUT2D eigenvalue weighted by Gasteiger charge is -2.27. The molecule has 3 aromatic heterocycles. The first-order chi connectivity index (χ1) is 13.8. The summed E-state index contributed by atoms with van der Waals surface area (Å²) in [5.74, 6) is 1.33. The summed E-state index contributed by atoms with van der Waals surface area (Å²) in [6.45, 7) is 2.38. The van der Waals surface area contributed by atoms with Gasteiger partial charge in [0.05, 0.1) is 17.5 Å². The van der Waals surface area contributed by atoms with Crippen LogP contribution in [0.2, 0.25) is 0 Å². The van der Waals surface area contributed by atoms with Crippen LogP contribution in [0.15, 0.2) is 53.5 Å². The molecular formula is C21H23N5O2. The van der Waals surface area contributed by atoms with E-state index in [-0.39, 0.29) is 5.91 Å². The molecule has 1 fully saturated rings. The number of furan rings is 1. The van der Waals surface area contributed by atoms with Crippen molar-refractivity contribution in [2.75, 3.05) is 24.5 Å². The number of carbonyl (C=O) groups excluding carboxylic acids is 1. The summed E-state index contributed by atoms with van der Waals surface area (Å²) >= 11 is 0. The molecule has 0 bridgehead atoms. The summed E-state index contributed by atoms with van der Waals surface area (Å²) in [6.07, 6.45) is 10.8. The van der Waals surface area contributed by atoms with E-state index in [1.54, 1.807) is 24.9 Å². The second kappa shape index (κ2) is 8.65. The van der Waals surface area contributed by atoms with Crippen LogP contribution < -0.4 is 10.2 Å². The summed E-state index contributed by atoms with van der Waals surface area (Å²) in [6, 6.07) is 7.46. The smallest absolute Gasteiger partial charge is 0.255 e. The van der Waals surface area contributed by atoms with Crippen molar-refractivity contribution in [1.29, 1.82) is 0 Å². The third kappa shape index (κ3) is 4.19. The standard InChI is InChI=1S/C21H23N5O2/c27-20(23-11-8-17-5-4-14-28-17)18-15-24-21(26-12-2-1-3-13-26)25-19(18)16-6-9-22-10-7-16/h4-7,9-10,14-15H,1-3,8,11-13H2,(H,23,27).